The number of carbonyl (C=O) groups is 1. The molecule has 7 heteroatoms. The zero-order valence-electron chi connectivity index (χ0n) is 12.8. The first-order valence-electron chi connectivity index (χ1n) is 7.35. The van der Waals surface area contributed by atoms with Crippen LogP contribution in [0.4, 0.5) is 4.39 Å². The fourth-order valence-electron chi connectivity index (χ4n) is 2.73. The number of carbonyl (C=O) groups excluding carboxylic acids is 1. The van der Waals surface area contributed by atoms with Crippen molar-refractivity contribution in [3.8, 4) is 0 Å². The van der Waals surface area contributed by atoms with Crippen molar-refractivity contribution in [3.05, 3.63) is 34.5 Å². The maximum Gasteiger partial charge on any atom is 0.262 e. The third-order valence-electron chi connectivity index (χ3n) is 4.02. The Morgan fingerprint density at radius 1 is 1.52 bits per heavy atom. The average molecular weight is 359 g/mol. The van der Waals surface area contributed by atoms with Gasteiger partial charge in [0.05, 0.1) is 11.5 Å². The lowest BCUT2D eigenvalue weighted by Crippen LogP contribution is -2.41. The molecule has 0 radical (unpaired) electrons. The lowest BCUT2D eigenvalue weighted by atomic mass is 10.1. The number of nitrogens with two attached hydrogens (primary N) is 1. The summed E-state index contributed by atoms with van der Waals surface area (Å²) in [5.41, 5.74) is 6.36. The van der Waals surface area contributed by atoms with Crippen LogP contribution >= 0.6 is 23.7 Å². The number of fused-ring (bicyclic) bond motifs is 1. The molecule has 1 heterocycles. The van der Waals surface area contributed by atoms with Crippen molar-refractivity contribution in [1.82, 2.24) is 5.32 Å². The molecule has 0 saturated heterocycles. The van der Waals surface area contributed by atoms with Crippen molar-refractivity contribution in [2.45, 2.75) is 25.5 Å². The van der Waals surface area contributed by atoms with Gasteiger partial charge < -0.3 is 15.8 Å². The van der Waals surface area contributed by atoms with E-state index < -0.39 is 0 Å². The van der Waals surface area contributed by atoms with Crippen molar-refractivity contribution < 1.29 is 13.9 Å². The van der Waals surface area contributed by atoms with Crippen LogP contribution in [0.2, 0.25) is 0 Å². The SMILES string of the molecule is COCc1c(C(=O)NC(CN)C2CC2)sc2cccc(F)c12.Cl. The van der Waals surface area contributed by atoms with Crippen LogP contribution in [0.5, 0.6) is 0 Å². The first-order valence-corrected chi connectivity index (χ1v) is 8.17. The van der Waals surface area contributed by atoms with Gasteiger partial charge in [0.25, 0.3) is 5.91 Å². The Bertz CT molecular complexity index is 703. The molecule has 2 aromatic rings. The normalized spacial score (nSPS) is 15.3. The second-order valence-electron chi connectivity index (χ2n) is 5.61. The standard InChI is InChI=1S/C16H19FN2O2S.ClH/c1-21-8-10-14-11(17)3-2-4-13(14)22-15(10)16(20)19-12(7-18)9-5-6-9;/h2-4,9,12H,5-8,18H2,1H3,(H,19,20);1H. The Morgan fingerprint density at radius 2 is 2.26 bits per heavy atom. The van der Waals surface area contributed by atoms with E-state index in [1.54, 1.807) is 13.2 Å². The Morgan fingerprint density at radius 3 is 2.87 bits per heavy atom. The van der Waals surface area contributed by atoms with Gasteiger partial charge in [-0.15, -0.1) is 23.7 Å². The molecule has 0 aliphatic heterocycles. The lowest BCUT2D eigenvalue weighted by molar-refractivity contribution is 0.0933. The minimum absolute atomic E-state index is 0. The lowest BCUT2D eigenvalue weighted by Gasteiger charge is -2.16. The molecule has 0 spiro atoms. The van der Waals surface area contributed by atoms with E-state index >= 15 is 0 Å². The summed E-state index contributed by atoms with van der Waals surface area (Å²) in [4.78, 5) is 13.1. The van der Waals surface area contributed by atoms with E-state index in [0.29, 0.717) is 28.3 Å². The number of methoxy groups -OCH3 is 1. The fourth-order valence-corrected chi connectivity index (χ4v) is 3.86. The van der Waals surface area contributed by atoms with Crippen LogP contribution < -0.4 is 11.1 Å². The van der Waals surface area contributed by atoms with E-state index in [9.17, 15) is 9.18 Å². The molecule has 1 amide bonds. The highest BCUT2D eigenvalue weighted by atomic mass is 35.5. The molecule has 23 heavy (non-hydrogen) atoms. The van der Waals surface area contributed by atoms with Gasteiger partial charge in [0.15, 0.2) is 0 Å². The summed E-state index contributed by atoms with van der Waals surface area (Å²) >= 11 is 1.30. The van der Waals surface area contributed by atoms with Gasteiger partial charge in [-0.1, -0.05) is 6.07 Å². The first kappa shape index (κ1) is 18.1. The van der Waals surface area contributed by atoms with E-state index in [-0.39, 0.29) is 36.8 Å². The topological polar surface area (TPSA) is 64.3 Å². The summed E-state index contributed by atoms with van der Waals surface area (Å²) in [6.45, 7) is 0.635. The zero-order chi connectivity index (χ0) is 15.7. The van der Waals surface area contributed by atoms with Crippen molar-refractivity contribution in [3.63, 3.8) is 0 Å². The predicted molar refractivity (Wildman–Crippen MR) is 92.8 cm³/mol. The summed E-state index contributed by atoms with van der Waals surface area (Å²) in [6, 6.07) is 4.88. The maximum absolute atomic E-state index is 14.1. The van der Waals surface area contributed by atoms with E-state index in [0.717, 1.165) is 17.5 Å². The number of rotatable bonds is 6. The highest BCUT2D eigenvalue weighted by Gasteiger charge is 2.32. The van der Waals surface area contributed by atoms with E-state index in [2.05, 4.69) is 5.32 Å². The average Bonchev–Trinajstić information content (AvgIpc) is 3.27. The summed E-state index contributed by atoms with van der Waals surface area (Å²) < 4.78 is 20.0. The van der Waals surface area contributed by atoms with Crippen LogP contribution in [0.1, 0.15) is 28.1 Å². The summed E-state index contributed by atoms with van der Waals surface area (Å²) in [7, 11) is 1.54. The van der Waals surface area contributed by atoms with Gasteiger partial charge in [-0.25, -0.2) is 4.39 Å². The number of hydrogen-bond acceptors (Lipinski definition) is 4. The van der Waals surface area contributed by atoms with Gasteiger partial charge >= 0.3 is 0 Å². The van der Waals surface area contributed by atoms with Gasteiger partial charge in [-0.3, -0.25) is 4.79 Å². The minimum atomic E-state index is -0.322. The van der Waals surface area contributed by atoms with E-state index in [1.807, 2.05) is 6.07 Å². The summed E-state index contributed by atoms with van der Waals surface area (Å²) in [5.74, 6) is -0.0293. The Kier molecular flexibility index (Phi) is 5.97. The second-order valence-corrected chi connectivity index (χ2v) is 6.66. The van der Waals surface area contributed by atoms with E-state index in [4.69, 9.17) is 10.5 Å². The Labute approximate surface area is 144 Å². The monoisotopic (exact) mass is 358 g/mol. The molecular formula is C16H20ClFN2O2S. The largest absolute Gasteiger partial charge is 0.380 e. The van der Waals surface area contributed by atoms with Crippen LogP contribution in [-0.4, -0.2) is 25.6 Å². The molecule has 1 aromatic carbocycles. The number of nitrogens with one attached hydrogen (secondary N) is 1. The molecule has 1 fully saturated rings. The number of ether oxygens (including phenoxy) is 1. The predicted octanol–water partition coefficient (Wildman–Crippen LogP) is 3.08. The van der Waals surface area contributed by atoms with Crippen LogP contribution in [0.3, 0.4) is 0 Å². The van der Waals surface area contributed by atoms with Gasteiger partial charge in [0.2, 0.25) is 0 Å². The third-order valence-corrected chi connectivity index (χ3v) is 5.22. The van der Waals surface area contributed by atoms with E-state index in [1.165, 1.54) is 17.4 Å². The number of benzene rings is 1. The van der Waals surface area contributed by atoms with Crippen LogP contribution in [0.15, 0.2) is 18.2 Å². The fraction of sp³-hybridized carbons (Fsp3) is 0.438. The quantitative estimate of drug-likeness (QED) is 0.834. The van der Waals surface area contributed by atoms with Crippen LogP contribution in [0, 0.1) is 11.7 Å². The van der Waals surface area contributed by atoms with Crippen molar-refractivity contribution >= 4 is 39.7 Å². The number of thiophene rings is 1. The molecule has 0 bridgehead atoms. The first-order chi connectivity index (χ1) is 10.7. The maximum atomic E-state index is 14.1. The van der Waals surface area contributed by atoms with Crippen molar-refractivity contribution in [2.75, 3.05) is 13.7 Å². The van der Waals surface area contributed by atoms with Gasteiger partial charge in [-0.2, -0.15) is 0 Å². The highest BCUT2D eigenvalue weighted by Crippen LogP contribution is 2.35. The molecule has 1 aliphatic rings. The number of hydrogen-bond donors (Lipinski definition) is 2. The zero-order valence-corrected chi connectivity index (χ0v) is 14.4. The Hall–Kier alpha value is -1.21. The summed E-state index contributed by atoms with van der Waals surface area (Å²) in [6.07, 6.45) is 2.21. The van der Waals surface area contributed by atoms with Gasteiger partial charge in [-0.05, 0) is 30.9 Å². The number of halogens is 2. The molecule has 1 atom stereocenters. The molecule has 4 nitrogen and oxygen atoms in total. The second kappa shape index (κ2) is 7.57. The molecule has 3 rings (SSSR count). The molecule has 126 valence electrons. The van der Waals surface area contributed by atoms with Gasteiger partial charge in [0.1, 0.15) is 5.82 Å². The number of amides is 1. The molecular weight excluding hydrogens is 339 g/mol. The van der Waals surface area contributed by atoms with Crippen LogP contribution in [-0.2, 0) is 11.3 Å². The third kappa shape index (κ3) is 3.66. The van der Waals surface area contributed by atoms with Gasteiger partial charge in [0, 0.05) is 35.3 Å². The van der Waals surface area contributed by atoms with Crippen molar-refractivity contribution in [1.29, 1.82) is 0 Å². The van der Waals surface area contributed by atoms with Crippen LogP contribution in [0.25, 0.3) is 10.1 Å². The minimum Gasteiger partial charge on any atom is -0.380 e. The van der Waals surface area contributed by atoms with Crippen molar-refractivity contribution in [2.24, 2.45) is 11.7 Å². The molecule has 1 unspecified atom stereocenters. The highest BCUT2D eigenvalue weighted by molar-refractivity contribution is 7.21. The summed E-state index contributed by atoms with van der Waals surface area (Å²) in [5, 5.41) is 3.47. The molecule has 1 aromatic heterocycles. The Balaban J connectivity index is 0.00000192. The molecule has 1 saturated carbocycles. The molecule has 3 N–H and O–H groups in total. The molecule has 1 aliphatic carbocycles. The smallest absolute Gasteiger partial charge is 0.262 e.